The van der Waals surface area contributed by atoms with Gasteiger partial charge in [-0.1, -0.05) is 51.2 Å². The first-order valence-corrected chi connectivity index (χ1v) is 15.9. The van der Waals surface area contributed by atoms with Crippen molar-refractivity contribution >= 4 is 24.5 Å². The molecule has 1 aromatic carbocycles. The first kappa shape index (κ1) is 31.9. The molecular weight excluding hydrogens is 525 g/mol. The Labute approximate surface area is 252 Å². The van der Waals surface area contributed by atoms with Crippen LogP contribution in [0.4, 0.5) is 10.1 Å². The summed E-state index contributed by atoms with van der Waals surface area (Å²) in [6.45, 7) is 15.4. The van der Waals surface area contributed by atoms with Crippen molar-refractivity contribution in [1.29, 1.82) is 0 Å². The summed E-state index contributed by atoms with van der Waals surface area (Å²) in [7, 11) is 0. The number of hydrogen-bond acceptors (Lipinski definition) is 5. The van der Waals surface area contributed by atoms with E-state index in [1.54, 1.807) is 0 Å². The van der Waals surface area contributed by atoms with Crippen LogP contribution in [0.25, 0.3) is 0 Å². The molecule has 3 atom stereocenters. The quantitative estimate of drug-likeness (QED) is 0.0702. The zero-order valence-electron chi connectivity index (χ0n) is 26.0. The zero-order chi connectivity index (χ0) is 30.2. The second-order valence-corrected chi connectivity index (χ2v) is 12.5. The van der Waals surface area contributed by atoms with Crippen LogP contribution in [0.1, 0.15) is 88.1 Å². The van der Waals surface area contributed by atoms with Crippen molar-refractivity contribution < 1.29 is 14.0 Å². The summed E-state index contributed by atoms with van der Waals surface area (Å²) in [5, 5.41) is 0. The molecule has 1 saturated carbocycles. The molecule has 42 heavy (non-hydrogen) atoms. The van der Waals surface area contributed by atoms with Crippen molar-refractivity contribution in [2.75, 3.05) is 31.1 Å². The van der Waals surface area contributed by atoms with Crippen LogP contribution in [0.5, 0.6) is 0 Å². The van der Waals surface area contributed by atoms with Crippen LogP contribution in [0, 0.1) is 48.3 Å². The maximum atomic E-state index is 15.2. The Morgan fingerprint density at radius 2 is 1.83 bits per heavy atom. The highest BCUT2D eigenvalue weighted by Gasteiger charge is 2.43. The van der Waals surface area contributed by atoms with Crippen LogP contribution in [0.3, 0.4) is 0 Å². The number of halogens is 1. The highest BCUT2D eigenvalue weighted by molar-refractivity contribution is 5.99. The SMILES string of the molecule is C=N/C(CCC)=C(C=O)\C=C/CC#CC1CCC(N2CC3CN(c4cc(C)c(C(=O)C(C)CC)cc4F)CC3C2)CC1. The second-order valence-electron chi connectivity index (χ2n) is 12.5. The Balaban J connectivity index is 1.24. The molecule has 1 aromatic rings. The number of ketones is 1. The fourth-order valence-electron chi connectivity index (χ4n) is 6.94. The Bertz CT molecular complexity index is 1250. The molecule has 4 rings (SSSR count). The summed E-state index contributed by atoms with van der Waals surface area (Å²) >= 11 is 0. The molecule has 226 valence electrons. The molecule has 0 spiro atoms. The van der Waals surface area contributed by atoms with Gasteiger partial charge in [0.15, 0.2) is 12.1 Å². The van der Waals surface area contributed by atoms with Gasteiger partial charge in [0.05, 0.1) is 11.4 Å². The monoisotopic (exact) mass is 573 g/mol. The number of anilines is 1. The fourth-order valence-corrected chi connectivity index (χ4v) is 6.94. The summed E-state index contributed by atoms with van der Waals surface area (Å²) in [5.74, 6) is 8.02. The van der Waals surface area contributed by atoms with Gasteiger partial charge in [0.25, 0.3) is 0 Å². The standard InChI is InChI=1S/C36H48FN3O2/c1-6-11-34(38-5)28(24-41)13-10-8-9-12-27-14-16-31(17-15-27)39-20-29-22-40(23-30(29)21-39)35-18-26(4)32(19-33(35)37)36(42)25(3)7-2/h10,13,18-19,24-25,27,29-31H,5-8,11,14-17,20-23H2,1-4H3/b13-10-,34-28+. The van der Waals surface area contributed by atoms with Crippen molar-refractivity contribution in [3.05, 3.63) is 52.5 Å². The third-order valence-corrected chi connectivity index (χ3v) is 9.65. The van der Waals surface area contributed by atoms with Crippen molar-refractivity contribution in [2.24, 2.45) is 28.7 Å². The van der Waals surface area contributed by atoms with E-state index < -0.39 is 0 Å². The van der Waals surface area contributed by atoms with Crippen LogP contribution in [0.2, 0.25) is 0 Å². The van der Waals surface area contributed by atoms with Crippen LogP contribution in [-0.2, 0) is 4.79 Å². The van der Waals surface area contributed by atoms with E-state index in [4.69, 9.17) is 0 Å². The predicted molar refractivity (Wildman–Crippen MR) is 171 cm³/mol. The Morgan fingerprint density at radius 1 is 1.14 bits per heavy atom. The van der Waals surface area contributed by atoms with E-state index >= 15 is 4.39 Å². The lowest BCUT2D eigenvalue weighted by molar-refractivity contribution is -0.104. The maximum Gasteiger partial charge on any atom is 0.166 e. The molecule has 2 heterocycles. The molecule has 0 amide bonds. The highest BCUT2D eigenvalue weighted by atomic mass is 19.1. The average Bonchev–Trinajstić information content (AvgIpc) is 3.58. The Hall–Kier alpha value is -3.04. The molecular formula is C36H48FN3O2. The number of hydrogen-bond donors (Lipinski definition) is 0. The van der Waals surface area contributed by atoms with Crippen molar-refractivity contribution in [1.82, 2.24) is 4.90 Å². The minimum Gasteiger partial charge on any atom is -0.368 e. The largest absolute Gasteiger partial charge is 0.368 e. The van der Waals surface area contributed by atoms with Crippen LogP contribution >= 0.6 is 0 Å². The molecule has 0 bridgehead atoms. The van der Waals surface area contributed by atoms with E-state index in [0.717, 1.165) is 75.8 Å². The van der Waals surface area contributed by atoms with Crippen LogP contribution in [-0.4, -0.2) is 55.9 Å². The van der Waals surface area contributed by atoms with Gasteiger partial charge in [-0.15, -0.1) is 0 Å². The number of aryl methyl sites for hydroxylation is 1. The minimum absolute atomic E-state index is 0.0375. The summed E-state index contributed by atoms with van der Waals surface area (Å²) in [4.78, 5) is 33.0. The number of likely N-dealkylation sites (tertiary alicyclic amines) is 1. The van der Waals surface area contributed by atoms with Gasteiger partial charge >= 0.3 is 0 Å². The summed E-state index contributed by atoms with van der Waals surface area (Å²) < 4.78 is 15.2. The average molecular weight is 574 g/mol. The second kappa shape index (κ2) is 14.9. The van der Waals surface area contributed by atoms with Crippen LogP contribution in [0.15, 0.2) is 40.5 Å². The molecule has 0 N–H and O–H groups in total. The van der Waals surface area contributed by atoms with E-state index in [2.05, 4.69) is 40.3 Å². The molecule has 2 saturated heterocycles. The van der Waals surface area contributed by atoms with Gasteiger partial charge in [0.1, 0.15) is 5.82 Å². The molecule has 5 nitrogen and oxygen atoms in total. The van der Waals surface area contributed by atoms with Crippen molar-refractivity contribution in [3.63, 3.8) is 0 Å². The van der Waals surface area contributed by atoms with E-state index in [1.807, 2.05) is 39.0 Å². The first-order chi connectivity index (χ1) is 20.3. The van der Waals surface area contributed by atoms with Gasteiger partial charge in [-0.2, -0.15) is 0 Å². The molecule has 3 unspecified atom stereocenters. The van der Waals surface area contributed by atoms with Gasteiger partial charge < -0.3 is 4.90 Å². The summed E-state index contributed by atoms with van der Waals surface area (Å²) in [6, 6.07) is 3.98. The molecule has 3 aliphatic rings. The fraction of sp³-hybridized carbons (Fsp3) is 0.583. The van der Waals surface area contributed by atoms with Crippen molar-refractivity contribution in [3.8, 4) is 11.8 Å². The van der Waals surface area contributed by atoms with Gasteiger partial charge in [-0.25, -0.2) is 4.39 Å². The van der Waals surface area contributed by atoms with E-state index in [1.165, 1.54) is 18.9 Å². The van der Waals surface area contributed by atoms with E-state index in [9.17, 15) is 9.59 Å². The lowest BCUT2D eigenvalue weighted by Gasteiger charge is -2.34. The number of fused-ring (bicyclic) bond motifs is 1. The lowest BCUT2D eigenvalue weighted by Crippen LogP contribution is -2.38. The summed E-state index contributed by atoms with van der Waals surface area (Å²) in [6.07, 6.45) is 12.3. The number of aliphatic imine (C=N–C) groups is 1. The van der Waals surface area contributed by atoms with Gasteiger partial charge in [-0.05, 0) is 81.7 Å². The number of rotatable bonds is 11. The molecule has 6 heteroatoms. The van der Waals surface area contributed by atoms with Crippen LogP contribution < -0.4 is 4.90 Å². The topological polar surface area (TPSA) is 53.0 Å². The Kier molecular flexibility index (Phi) is 11.3. The number of Topliss-reactive ketones (excluding diaryl/α,β-unsaturated/α-hetero) is 1. The lowest BCUT2D eigenvalue weighted by atomic mass is 9.85. The van der Waals surface area contributed by atoms with E-state index in [-0.39, 0.29) is 17.5 Å². The number of allylic oxidation sites excluding steroid dienone is 4. The van der Waals surface area contributed by atoms with Gasteiger partial charge in [0.2, 0.25) is 0 Å². The molecule has 1 aliphatic carbocycles. The number of carbonyl (C=O) groups is 2. The van der Waals surface area contributed by atoms with E-state index in [0.29, 0.717) is 47.0 Å². The third-order valence-electron chi connectivity index (χ3n) is 9.65. The van der Waals surface area contributed by atoms with Crippen molar-refractivity contribution in [2.45, 2.75) is 85.1 Å². The number of benzene rings is 1. The predicted octanol–water partition coefficient (Wildman–Crippen LogP) is 7.19. The smallest absolute Gasteiger partial charge is 0.166 e. The normalized spacial score (nSPS) is 25.5. The molecule has 3 fully saturated rings. The summed E-state index contributed by atoms with van der Waals surface area (Å²) in [5.41, 5.74) is 3.40. The highest BCUT2D eigenvalue weighted by Crippen LogP contribution is 2.39. The first-order valence-electron chi connectivity index (χ1n) is 15.9. The minimum atomic E-state index is -0.269. The maximum absolute atomic E-state index is 15.2. The number of nitrogens with zero attached hydrogens (tertiary/aromatic N) is 3. The molecule has 0 aromatic heterocycles. The van der Waals surface area contributed by atoms with Gasteiger partial charge in [-0.3, -0.25) is 19.5 Å². The zero-order valence-corrected chi connectivity index (χ0v) is 26.0. The van der Waals surface area contributed by atoms with Gasteiger partial charge in [0, 0.05) is 61.6 Å². The number of carbonyl (C=O) groups excluding carboxylic acids is 2. The number of aldehydes is 1. The third kappa shape index (κ3) is 7.48. The Morgan fingerprint density at radius 3 is 2.43 bits per heavy atom. The molecule has 0 radical (unpaired) electrons. The molecule has 2 aliphatic heterocycles.